The molecule has 3 N–H and O–H groups in total. The molecule has 2 amide bonds. The maximum absolute atomic E-state index is 13.0. The largest absolute Gasteiger partial charge is 0.393 e. The van der Waals surface area contributed by atoms with Crippen molar-refractivity contribution in [2.45, 2.75) is 57.7 Å². The predicted octanol–water partition coefficient (Wildman–Crippen LogP) is 2.28. The van der Waals surface area contributed by atoms with Gasteiger partial charge in [-0.1, -0.05) is 30.3 Å². The lowest BCUT2D eigenvalue weighted by Crippen LogP contribution is -2.39. The minimum atomic E-state index is -0.295. The van der Waals surface area contributed by atoms with Gasteiger partial charge in [-0.3, -0.25) is 14.3 Å². The van der Waals surface area contributed by atoms with Crippen molar-refractivity contribution in [3.05, 3.63) is 53.3 Å². The van der Waals surface area contributed by atoms with Gasteiger partial charge in [0.2, 0.25) is 0 Å². The maximum Gasteiger partial charge on any atom is 0.271 e. The summed E-state index contributed by atoms with van der Waals surface area (Å²) >= 11 is 0. The minimum Gasteiger partial charge on any atom is -0.393 e. The molecule has 1 aliphatic carbocycles. The van der Waals surface area contributed by atoms with Crippen molar-refractivity contribution in [1.82, 2.24) is 20.4 Å². The summed E-state index contributed by atoms with van der Waals surface area (Å²) in [6, 6.07) is 11.1. The van der Waals surface area contributed by atoms with Crippen LogP contribution in [-0.4, -0.2) is 45.4 Å². The number of rotatable bonds is 6. The Hall–Kier alpha value is -2.67. The molecule has 1 aromatic heterocycles. The highest BCUT2D eigenvalue weighted by Crippen LogP contribution is 2.22. The lowest BCUT2D eigenvalue weighted by Gasteiger charge is -2.26. The van der Waals surface area contributed by atoms with Crippen LogP contribution in [0.4, 0.5) is 0 Å². The molecule has 1 saturated carbocycles. The Morgan fingerprint density at radius 3 is 2.50 bits per heavy atom. The molecular formula is C21H28N4O3. The molecular weight excluding hydrogens is 356 g/mol. The van der Waals surface area contributed by atoms with Crippen LogP contribution in [-0.2, 0) is 0 Å². The zero-order chi connectivity index (χ0) is 20.1. The zero-order valence-corrected chi connectivity index (χ0v) is 16.4. The zero-order valence-electron chi connectivity index (χ0n) is 16.4. The highest BCUT2D eigenvalue weighted by molar-refractivity contribution is 5.98. The molecule has 1 aliphatic rings. The number of benzene rings is 1. The van der Waals surface area contributed by atoms with E-state index in [-0.39, 0.29) is 35.7 Å². The van der Waals surface area contributed by atoms with Crippen LogP contribution >= 0.6 is 0 Å². The van der Waals surface area contributed by atoms with Crippen molar-refractivity contribution < 1.29 is 14.7 Å². The van der Waals surface area contributed by atoms with E-state index >= 15 is 0 Å². The third kappa shape index (κ3) is 4.59. The van der Waals surface area contributed by atoms with Gasteiger partial charge in [0.05, 0.1) is 12.1 Å². The number of aliphatic hydroxyl groups is 1. The van der Waals surface area contributed by atoms with Gasteiger partial charge in [-0.05, 0) is 45.1 Å². The number of carbonyl (C=O) groups is 2. The number of nitrogens with one attached hydrogen (secondary N) is 2. The van der Waals surface area contributed by atoms with Crippen molar-refractivity contribution in [2.75, 3.05) is 6.54 Å². The monoisotopic (exact) mass is 384 g/mol. The lowest BCUT2D eigenvalue weighted by molar-refractivity contribution is 0.0856. The quantitative estimate of drug-likeness (QED) is 0.712. The van der Waals surface area contributed by atoms with E-state index in [0.717, 1.165) is 18.4 Å². The Balaban J connectivity index is 1.87. The topological polar surface area (TPSA) is 96.3 Å². The van der Waals surface area contributed by atoms with Crippen molar-refractivity contribution in [3.8, 4) is 0 Å². The smallest absolute Gasteiger partial charge is 0.271 e. The lowest BCUT2D eigenvalue weighted by atomic mass is 9.93. The molecule has 2 aromatic rings. The normalized spacial score (nSPS) is 20.4. The van der Waals surface area contributed by atoms with Crippen LogP contribution in [0.25, 0.3) is 0 Å². The van der Waals surface area contributed by atoms with Crippen molar-refractivity contribution >= 4 is 11.8 Å². The number of hydrogen-bond donors (Lipinski definition) is 3. The van der Waals surface area contributed by atoms with Gasteiger partial charge in [0.1, 0.15) is 5.69 Å². The van der Waals surface area contributed by atoms with Crippen LogP contribution in [0.5, 0.6) is 0 Å². The van der Waals surface area contributed by atoms with Gasteiger partial charge in [0.15, 0.2) is 5.69 Å². The van der Waals surface area contributed by atoms with Gasteiger partial charge < -0.3 is 15.7 Å². The number of carbonyl (C=O) groups excluding carboxylic acids is 2. The number of nitrogens with zero attached hydrogens (tertiary/aromatic N) is 2. The summed E-state index contributed by atoms with van der Waals surface area (Å²) in [6.07, 6.45) is 2.60. The first-order chi connectivity index (χ1) is 13.5. The van der Waals surface area contributed by atoms with Gasteiger partial charge in [0.25, 0.3) is 11.8 Å². The van der Waals surface area contributed by atoms with Gasteiger partial charge in [-0.15, -0.1) is 0 Å². The van der Waals surface area contributed by atoms with Crippen LogP contribution in [0.15, 0.2) is 36.4 Å². The molecule has 0 saturated heterocycles. The molecule has 150 valence electrons. The summed E-state index contributed by atoms with van der Waals surface area (Å²) in [7, 11) is 0. The van der Waals surface area contributed by atoms with E-state index in [0.29, 0.717) is 25.1 Å². The molecule has 1 fully saturated rings. The first kappa shape index (κ1) is 20.1. The Labute approximate surface area is 165 Å². The molecule has 7 heteroatoms. The van der Waals surface area contributed by atoms with Crippen molar-refractivity contribution in [1.29, 1.82) is 0 Å². The number of hydrogen-bond acceptors (Lipinski definition) is 4. The van der Waals surface area contributed by atoms with Gasteiger partial charge in [-0.25, -0.2) is 0 Å². The standard InChI is InChI=1S/C21H28N4O3/c1-3-22-20(27)18-13-19(21(28)23-16-9-11-17(26)12-10-16)25(24-18)14(2)15-7-5-4-6-8-15/h4-8,13-14,16-17,26H,3,9-12H2,1-2H3,(H,22,27)(H,23,28)/t14-,16-,17-/m0/s1. The van der Waals surface area contributed by atoms with E-state index in [2.05, 4.69) is 15.7 Å². The van der Waals surface area contributed by atoms with Gasteiger partial charge >= 0.3 is 0 Å². The van der Waals surface area contributed by atoms with Crippen LogP contribution < -0.4 is 10.6 Å². The van der Waals surface area contributed by atoms with E-state index in [1.807, 2.05) is 44.2 Å². The summed E-state index contributed by atoms with van der Waals surface area (Å²) in [6.45, 7) is 4.29. The first-order valence-electron chi connectivity index (χ1n) is 9.91. The molecule has 3 rings (SSSR count). The fraction of sp³-hybridized carbons (Fsp3) is 0.476. The molecule has 1 heterocycles. The number of aliphatic hydroxyl groups excluding tert-OH is 1. The van der Waals surface area contributed by atoms with E-state index in [4.69, 9.17) is 0 Å². The fourth-order valence-corrected chi connectivity index (χ4v) is 3.57. The highest BCUT2D eigenvalue weighted by atomic mass is 16.3. The van der Waals surface area contributed by atoms with Gasteiger partial charge in [0, 0.05) is 18.7 Å². The summed E-state index contributed by atoms with van der Waals surface area (Å²) in [4.78, 5) is 25.3. The van der Waals surface area contributed by atoms with E-state index in [1.165, 1.54) is 0 Å². The molecule has 7 nitrogen and oxygen atoms in total. The average molecular weight is 384 g/mol. The SMILES string of the molecule is CCNC(=O)c1cc(C(=O)N[C@H]2CC[C@H](O)CC2)n([C@@H](C)c2ccccc2)n1. The Morgan fingerprint density at radius 2 is 1.86 bits per heavy atom. The summed E-state index contributed by atoms with van der Waals surface area (Å²) in [5.74, 6) is -0.538. The van der Waals surface area contributed by atoms with Crippen LogP contribution in [0.2, 0.25) is 0 Å². The average Bonchev–Trinajstić information content (AvgIpc) is 3.16. The first-order valence-corrected chi connectivity index (χ1v) is 9.91. The Morgan fingerprint density at radius 1 is 1.18 bits per heavy atom. The van der Waals surface area contributed by atoms with E-state index in [9.17, 15) is 14.7 Å². The second-order valence-corrected chi connectivity index (χ2v) is 7.28. The molecule has 1 aromatic carbocycles. The summed E-state index contributed by atoms with van der Waals surface area (Å²) < 4.78 is 1.62. The predicted molar refractivity (Wildman–Crippen MR) is 106 cm³/mol. The Kier molecular flexibility index (Phi) is 6.46. The molecule has 0 radical (unpaired) electrons. The van der Waals surface area contributed by atoms with Crippen molar-refractivity contribution in [3.63, 3.8) is 0 Å². The van der Waals surface area contributed by atoms with E-state index in [1.54, 1.807) is 10.7 Å². The highest BCUT2D eigenvalue weighted by Gasteiger charge is 2.26. The van der Waals surface area contributed by atoms with Crippen LogP contribution in [0, 0.1) is 0 Å². The molecule has 1 atom stereocenters. The van der Waals surface area contributed by atoms with Crippen molar-refractivity contribution in [2.24, 2.45) is 0 Å². The maximum atomic E-state index is 13.0. The minimum absolute atomic E-state index is 0.0270. The fourth-order valence-electron chi connectivity index (χ4n) is 3.57. The molecule has 28 heavy (non-hydrogen) atoms. The molecule has 0 spiro atoms. The summed E-state index contributed by atoms with van der Waals surface area (Å²) in [5, 5.41) is 19.9. The second-order valence-electron chi connectivity index (χ2n) is 7.28. The number of aromatic nitrogens is 2. The number of amides is 2. The second kappa shape index (κ2) is 9.01. The Bertz CT molecular complexity index is 810. The summed E-state index contributed by atoms with van der Waals surface area (Å²) in [5.41, 5.74) is 1.60. The van der Waals surface area contributed by atoms with E-state index < -0.39 is 0 Å². The third-order valence-electron chi connectivity index (χ3n) is 5.22. The molecule has 0 unspecified atom stereocenters. The van der Waals surface area contributed by atoms with Crippen LogP contribution in [0.3, 0.4) is 0 Å². The molecule has 0 aliphatic heterocycles. The van der Waals surface area contributed by atoms with Crippen LogP contribution in [0.1, 0.15) is 72.1 Å². The van der Waals surface area contributed by atoms with Gasteiger partial charge in [-0.2, -0.15) is 5.10 Å². The third-order valence-corrected chi connectivity index (χ3v) is 5.22. The molecule has 0 bridgehead atoms.